The van der Waals surface area contributed by atoms with Gasteiger partial charge < -0.3 is 9.84 Å². The van der Waals surface area contributed by atoms with Crippen molar-refractivity contribution in [2.75, 3.05) is 0 Å². The number of esters is 1. The third kappa shape index (κ3) is 4.42. The quantitative estimate of drug-likeness (QED) is 0.408. The molecule has 1 N–H and O–H groups in total. The van der Waals surface area contributed by atoms with Crippen LogP contribution < -0.4 is 0 Å². The highest BCUT2D eigenvalue weighted by Crippen LogP contribution is 2.19. The van der Waals surface area contributed by atoms with Gasteiger partial charge in [-0.25, -0.2) is 0 Å². The number of carbonyl (C=O) groups is 1. The lowest BCUT2D eigenvalue weighted by molar-refractivity contribution is -0.172. The molecule has 4 heteroatoms. The fourth-order valence-electron chi connectivity index (χ4n) is 0.292. The first kappa shape index (κ1) is 8.91. The molecule has 0 bridgehead atoms. The summed E-state index contributed by atoms with van der Waals surface area (Å²) in [6.45, 7) is 2.93. The fraction of sp³-hybridized carbons (Fsp3) is 0.800. The summed E-state index contributed by atoms with van der Waals surface area (Å²) in [7, 11) is 0. The van der Waals surface area contributed by atoms with Crippen molar-refractivity contribution in [3.63, 3.8) is 0 Å². The first-order valence-corrected chi connectivity index (χ1v) is 3.38. The van der Waals surface area contributed by atoms with E-state index in [9.17, 15) is 4.79 Å². The van der Waals surface area contributed by atoms with Gasteiger partial charge in [-0.3, -0.25) is 4.79 Å². The zero-order valence-electron chi connectivity index (χ0n) is 5.35. The predicted octanol–water partition coefficient (Wildman–Crippen LogP) is 1.00. The number of hydrogen-bond acceptors (Lipinski definition) is 3. The summed E-state index contributed by atoms with van der Waals surface area (Å²) >= 11 is 2.79. The Bertz CT molecular complexity index is 111. The highest BCUT2D eigenvalue weighted by molar-refractivity contribution is 9.09. The highest BCUT2D eigenvalue weighted by atomic mass is 79.9. The van der Waals surface area contributed by atoms with E-state index in [1.807, 2.05) is 0 Å². The molecule has 1 atom stereocenters. The van der Waals surface area contributed by atoms with Gasteiger partial charge in [-0.2, -0.15) is 0 Å². The van der Waals surface area contributed by atoms with Gasteiger partial charge in [0.2, 0.25) is 0 Å². The van der Waals surface area contributed by atoms with Crippen molar-refractivity contribution in [2.24, 2.45) is 0 Å². The second-order valence-corrected chi connectivity index (χ2v) is 2.88. The molecule has 0 aromatic carbocycles. The molecule has 54 valence electrons. The molecule has 0 rings (SSSR count). The van der Waals surface area contributed by atoms with Gasteiger partial charge >= 0.3 is 5.97 Å². The normalized spacial score (nSPS) is 16.4. The fourth-order valence-corrected chi connectivity index (χ4v) is 0.520. The molecule has 0 spiro atoms. The highest BCUT2D eigenvalue weighted by Gasteiger charge is 2.22. The van der Waals surface area contributed by atoms with Gasteiger partial charge in [-0.15, -0.1) is 0 Å². The van der Waals surface area contributed by atoms with Crippen LogP contribution in [0.1, 0.15) is 20.3 Å². The van der Waals surface area contributed by atoms with Crippen LogP contribution in [0.25, 0.3) is 0 Å². The maximum Gasteiger partial charge on any atom is 0.305 e. The number of carbonyl (C=O) groups excluding carboxylic acids is 1. The van der Waals surface area contributed by atoms with Crippen LogP contribution in [0, 0.1) is 0 Å². The van der Waals surface area contributed by atoms with Crippen LogP contribution in [0.15, 0.2) is 0 Å². The van der Waals surface area contributed by atoms with Crippen LogP contribution in [0.2, 0.25) is 0 Å². The minimum absolute atomic E-state index is 0.326. The Kier molecular flexibility index (Phi) is 3.14. The molecule has 3 nitrogen and oxygen atoms in total. The number of halogens is 1. The summed E-state index contributed by atoms with van der Waals surface area (Å²) in [5.74, 6) is -0.503. The minimum atomic E-state index is -1.47. The molecular weight excluding hydrogens is 188 g/mol. The van der Waals surface area contributed by atoms with Crippen LogP contribution in [0.3, 0.4) is 0 Å². The first-order chi connectivity index (χ1) is 3.98. The Balaban J connectivity index is 3.71. The predicted molar refractivity (Wildman–Crippen MR) is 35.9 cm³/mol. The van der Waals surface area contributed by atoms with Crippen molar-refractivity contribution < 1.29 is 14.6 Å². The van der Waals surface area contributed by atoms with E-state index in [-0.39, 0.29) is 0 Å². The molecule has 0 aromatic rings. The van der Waals surface area contributed by atoms with Crippen molar-refractivity contribution in [3.05, 3.63) is 0 Å². The number of ether oxygens (including phenoxy) is 1. The molecule has 0 aliphatic rings. The largest absolute Gasteiger partial charge is 0.423 e. The Hall–Kier alpha value is -0.0900. The zero-order valence-corrected chi connectivity index (χ0v) is 6.93. The summed E-state index contributed by atoms with van der Waals surface area (Å²) in [4.78, 5) is 10.2. The van der Waals surface area contributed by atoms with E-state index in [0.717, 1.165) is 0 Å². The van der Waals surface area contributed by atoms with Gasteiger partial charge in [-0.05, 0) is 15.9 Å². The van der Waals surface area contributed by atoms with E-state index >= 15 is 0 Å². The smallest absolute Gasteiger partial charge is 0.305 e. The van der Waals surface area contributed by atoms with Gasteiger partial charge in [0.25, 0.3) is 4.70 Å². The summed E-state index contributed by atoms with van der Waals surface area (Å²) in [6.07, 6.45) is 0.326. The Labute approximate surface area is 62.1 Å². The van der Waals surface area contributed by atoms with E-state index in [0.29, 0.717) is 6.42 Å². The molecular formula is C5H9BrO3. The Morgan fingerprint density at radius 2 is 2.33 bits per heavy atom. The van der Waals surface area contributed by atoms with Crippen LogP contribution >= 0.6 is 15.9 Å². The molecule has 0 saturated carbocycles. The molecule has 0 amide bonds. The van der Waals surface area contributed by atoms with Gasteiger partial charge in [0.05, 0.1) is 0 Å². The van der Waals surface area contributed by atoms with E-state index in [1.165, 1.54) is 6.92 Å². The van der Waals surface area contributed by atoms with E-state index < -0.39 is 10.7 Å². The molecule has 0 radical (unpaired) electrons. The second-order valence-electron chi connectivity index (χ2n) is 1.64. The lowest BCUT2D eigenvalue weighted by Crippen LogP contribution is -2.25. The zero-order chi connectivity index (χ0) is 7.49. The SMILES string of the molecule is CCC(O)(Br)OC(C)=O. The number of alkyl halides is 1. The monoisotopic (exact) mass is 196 g/mol. The minimum Gasteiger partial charge on any atom is -0.423 e. The molecule has 9 heavy (non-hydrogen) atoms. The van der Waals surface area contributed by atoms with Crippen LogP contribution in [0.5, 0.6) is 0 Å². The number of aliphatic hydroxyl groups is 1. The van der Waals surface area contributed by atoms with Crippen LogP contribution in [-0.4, -0.2) is 15.8 Å². The van der Waals surface area contributed by atoms with Gasteiger partial charge in [-0.1, -0.05) is 6.92 Å². The van der Waals surface area contributed by atoms with E-state index in [1.54, 1.807) is 6.92 Å². The first-order valence-electron chi connectivity index (χ1n) is 2.59. The summed E-state index contributed by atoms with van der Waals surface area (Å²) in [5.41, 5.74) is 0. The molecule has 0 aromatic heterocycles. The van der Waals surface area contributed by atoms with Crippen LogP contribution in [0.4, 0.5) is 0 Å². The van der Waals surface area contributed by atoms with Crippen molar-refractivity contribution in [1.29, 1.82) is 0 Å². The average molecular weight is 197 g/mol. The summed E-state index contributed by atoms with van der Waals surface area (Å²) < 4.78 is 2.95. The Morgan fingerprint density at radius 1 is 1.89 bits per heavy atom. The van der Waals surface area contributed by atoms with Crippen molar-refractivity contribution >= 4 is 21.9 Å². The van der Waals surface area contributed by atoms with Gasteiger partial charge in [0, 0.05) is 13.3 Å². The standard InChI is InChI=1S/C5H9BrO3/c1-3-5(6,8)9-4(2)7/h8H,3H2,1-2H3. The van der Waals surface area contributed by atoms with Gasteiger partial charge in [0.15, 0.2) is 0 Å². The average Bonchev–Trinajstić information content (AvgIpc) is 1.63. The second kappa shape index (κ2) is 3.17. The van der Waals surface area contributed by atoms with Crippen molar-refractivity contribution in [1.82, 2.24) is 0 Å². The van der Waals surface area contributed by atoms with E-state index in [4.69, 9.17) is 5.11 Å². The van der Waals surface area contributed by atoms with Crippen LogP contribution in [-0.2, 0) is 9.53 Å². The summed E-state index contributed by atoms with van der Waals surface area (Å²) in [5, 5.41) is 8.97. The van der Waals surface area contributed by atoms with Gasteiger partial charge in [0.1, 0.15) is 0 Å². The summed E-state index contributed by atoms with van der Waals surface area (Å²) in [6, 6.07) is 0. The molecule has 0 saturated heterocycles. The van der Waals surface area contributed by atoms with Crippen molar-refractivity contribution in [2.45, 2.75) is 25.0 Å². The molecule has 0 aliphatic carbocycles. The topological polar surface area (TPSA) is 46.5 Å². The van der Waals surface area contributed by atoms with E-state index in [2.05, 4.69) is 20.7 Å². The van der Waals surface area contributed by atoms with Crippen molar-refractivity contribution in [3.8, 4) is 0 Å². The third-order valence-corrected chi connectivity index (χ3v) is 1.46. The lowest BCUT2D eigenvalue weighted by atomic mass is 10.5. The maximum absolute atomic E-state index is 10.2. The number of rotatable bonds is 2. The molecule has 0 fully saturated rings. The molecule has 1 unspecified atom stereocenters. The molecule has 0 aliphatic heterocycles. The molecule has 0 heterocycles. The number of hydrogen-bond donors (Lipinski definition) is 1. The maximum atomic E-state index is 10.2. The third-order valence-electron chi connectivity index (χ3n) is 0.736. The lowest BCUT2D eigenvalue weighted by Gasteiger charge is -2.17. The Morgan fingerprint density at radius 3 is 2.44 bits per heavy atom.